The highest BCUT2D eigenvalue weighted by Crippen LogP contribution is 2.50. The van der Waals surface area contributed by atoms with Gasteiger partial charge in [0.15, 0.2) is 0 Å². The maximum atomic E-state index is 12.4. The molecule has 0 saturated heterocycles. The predicted molar refractivity (Wildman–Crippen MR) is 234 cm³/mol. The lowest BCUT2D eigenvalue weighted by Crippen LogP contribution is -3.10. The summed E-state index contributed by atoms with van der Waals surface area (Å²) >= 11 is 4.64. The van der Waals surface area contributed by atoms with Crippen LogP contribution in [0.15, 0.2) is 109 Å². The Labute approximate surface area is 339 Å². The molecule has 4 aromatic carbocycles. The van der Waals surface area contributed by atoms with E-state index < -0.39 is 5.97 Å². The number of rotatable bonds is 12. The lowest BCUT2D eigenvalue weighted by atomic mass is 9.78. The van der Waals surface area contributed by atoms with E-state index >= 15 is 0 Å². The molecular formula is C48H61ClN3O4+. The van der Waals surface area contributed by atoms with E-state index in [-0.39, 0.29) is 42.0 Å². The van der Waals surface area contributed by atoms with Gasteiger partial charge in [0.1, 0.15) is 18.0 Å². The number of anilines is 1. The number of hydrogen-bond donors (Lipinski definition) is 1. The molecule has 0 fully saturated rings. The number of hydrogen-bond acceptors (Lipinski definition) is 5. The van der Waals surface area contributed by atoms with E-state index in [1.807, 2.05) is 13.8 Å². The minimum Gasteiger partial charge on any atom is -0.347 e. The number of fused-ring (bicyclic) bond motifs is 6. The van der Waals surface area contributed by atoms with Crippen LogP contribution in [0.4, 0.5) is 11.4 Å². The summed E-state index contributed by atoms with van der Waals surface area (Å²) in [5.41, 5.74) is 6.44. The summed E-state index contributed by atoms with van der Waals surface area (Å²) in [6.07, 6.45) is 16.2. The number of hydroxylamine groups is 2. The van der Waals surface area contributed by atoms with Crippen molar-refractivity contribution in [3.8, 4) is 0 Å². The monoisotopic (exact) mass is 778 g/mol. The van der Waals surface area contributed by atoms with Gasteiger partial charge in [-0.05, 0) is 84.5 Å². The number of carbonyl (C=O) groups is 3. The zero-order chi connectivity index (χ0) is 41.0. The normalized spacial score (nSPS) is 18.3. The van der Waals surface area contributed by atoms with Crippen LogP contribution < -0.4 is 9.80 Å². The van der Waals surface area contributed by atoms with Crippen LogP contribution in [-0.4, -0.2) is 56.3 Å². The Bertz CT molecular complexity index is 2080. The summed E-state index contributed by atoms with van der Waals surface area (Å²) in [6, 6.07) is 26.6. The number of unbranched alkanes of at least 4 members (excludes halogenated alkanes) is 2. The maximum absolute atomic E-state index is 12.4. The van der Waals surface area contributed by atoms with Gasteiger partial charge in [0, 0.05) is 68.2 Å². The smallest absolute Gasteiger partial charge is 0.332 e. The van der Waals surface area contributed by atoms with Crippen LogP contribution in [0.25, 0.3) is 21.5 Å². The molecule has 7 nitrogen and oxygen atoms in total. The van der Waals surface area contributed by atoms with Crippen molar-refractivity contribution >= 4 is 62.7 Å². The molecule has 2 heterocycles. The molecule has 0 spiro atoms. The summed E-state index contributed by atoms with van der Waals surface area (Å²) in [5.74, 6) is -0.813. The number of nitrogens with zero attached hydrogens (tertiary/aromatic N) is 2. The second-order valence-corrected chi connectivity index (χ2v) is 15.2. The zero-order valence-corrected chi connectivity index (χ0v) is 35.6. The van der Waals surface area contributed by atoms with Gasteiger partial charge in [-0.25, -0.2) is 4.79 Å². The Morgan fingerprint density at radius 3 is 2.11 bits per heavy atom. The van der Waals surface area contributed by atoms with E-state index in [9.17, 15) is 14.4 Å². The number of nitrogens with one attached hydrogen (secondary N) is 1. The number of likely N-dealkylation sites (N-methyl/N-ethyl adjacent to an activating group) is 1. The quantitative estimate of drug-likeness (QED) is 0.0510. The fourth-order valence-corrected chi connectivity index (χ4v) is 8.57. The lowest BCUT2D eigenvalue weighted by molar-refractivity contribution is -0.850. The number of alkyl halides is 1. The number of allylic oxidation sites excluding steroid dienone is 5. The van der Waals surface area contributed by atoms with Crippen LogP contribution in [0.5, 0.6) is 0 Å². The van der Waals surface area contributed by atoms with Crippen LogP contribution in [-0.2, 0) is 30.1 Å². The van der Waals surface area contributed by atoms with E-state index in [1.165, 1.54) is 68.1 Å². The largest absolute Gasteiger partial charge is 0.347 e. The topological polar surface area (TPSA) is 71.4 Å². The van der Waals surface area contributed by atoms with Crippen molar-refractivity contribution in [2.24, 2.45) is 0 Å². The second-order valence-electron chi connectivity index (χ2n) is 15.2. The summed E-state index contributed by atoms with van der Waals surface area (Å²) < 4.78 is 0. The third kappa shape index (κ3) is 9.28. The zero-order valence-electron chi connectivity index (χ0n) is 34.8. The Morgan fingerprint density at radius 1 is 0.821 bits per heavy atom. The fourth-order valence-electron chi connectivity index (χ4n) is 8.57. The molecule has 2 aliphatic heterocycles. The van der Waals surface area contributed by atoms with Crippen molar-refractivity contribution in [2.45, 2.75) is 96.9 Å². The molecule has 4 aromatic rings. The van der Waals surface area contributed by atoms with Crippen LogP contribution >= 0.6 is 11.6 Å². The van der Waals surface area contributed by atoms with Gasteiger partial charge in [-0.2, -0.15) is 5.06 Å². The van der Waals surface area contributed by atoms with Crippen molar-refractivity contribution in [2.75, 3.05) is 31.9 Å². The van der Waals surface area contributed by atoms with E-state index in [0.717, 1.165) is 24.4 Å². The third-order valence-corrected chi connectivity index (χ3v) is 11.1. The van der Waals surface area contributed by atoms with Gasteiger partial charge in [0.2, 0.25) is 0 Å². The third-order valence-electron chi connectivity index (χ3n) is 11.1. The molecule has 56 heavy (non-hydrogen) atoms. The summed E-state index contributed by atoms with van der Waals surface area (Å²) in [6.45, 7) is 14.3. The van der Waals surface area contributed by atoms with E-state index in [1.54, 1.807) is 0 Å². The Balaban J connectivity index is 0.00000169. The van der Waals surface area contributed by atoms with Crippen molar-refractivity contribution < 1.29 is 24.1 Å². The van der Waals surface area contributed by atoms with Crippen LogP contribution in [0.2, 0.25) is 0 Å². The summed E-state index contributed by atoms with van der Waals surface area (Å²) in [4.78, 5) is 43.9. The Hall–Kier alpha value is -4.72. The van der Waals surface area contributed by atoms with Crippen LogP contribution in [0.3, 0.4) is 0 Å². The summed E-state index contributed by atoms with van der Waals surface area (Å²) in [5, 5.41) is 6.10. The van der Waals surface area contributed by atoms with Gasteiger partial charge in [-0.1, -0.05) is 101 Å². The van der Waals surface area contributed by atoms with Crippen molar-refractivity contribution in [3.63, 3.8) is 0 Å². The first-order chi connectivity index (χ1) is 27.0. The van der Waals surface area contributed by atoms with E-state index in [4.69, 9.17) is 4.84 Å². The maximum Gasteiger partial charge on any atom is 0.332 e. The molecule has 0 bridgehead atoms. The minimum atomic E-state index is -0.430. The van der Waals surface area contributed by atoms with Crippen molar-refractivity contribution in [1.82, 2.24) is 5.06 Å². The summed E-state index contributed by atoms with van der Waals surface area (Å²) in [7, 11) is 3.58. The first-order valence-electron chi connectivity index (χ1n) is 20.0. The average molecular weight is 779 g/mol. The second kappa shape index (κ2) is 19.9. The molecule has 1 N–H and O–H groups in total. The lowest BCUT2D eigenvalue weighted by Gasteiger charge is -2.27. The number of halogens is 1. The number of carbonyl (C=O) groups excluding carboxylic acids is 3. The molecule has 298 valence electrons. The van der Waals surface area contributed by atoms with Crippen molar-refractivity contribution in [1.29, 1.82) is 0 Å². The number of quaternary nitrogens is 1. The van der Waals surface area contributed by atoms with Gasteiger partial charge >= 0.3 is 5.97 Å². The first kappa shape index (κ1) is 44.0. The predicted octanol–water partition coefficient (Wildman–Crippen LogP) is 9.93. The number of aldehydes is 1. The highest BCUT2D eigenvalue weighted by atomic mass is 35.5. The van der Waals surface area contributed by atoms with E-state index in [2.05, 4.69) is 154 Å². The molecule has 0 saturated carbocycles. The first-order valence-corrected chi connectivity index (χ1v) is 20.7. The molecule has 2 aliphatic rings. The van der Waals surface area contributed by atoms with Gasteiger partial charge in [0.25, 0.3) is 5.91 Å². The molecule has 0 aliphatic carbocycles. The fraction of sp³-hybridized carbons (Fsp3) is 0.396. The van der Waals surface area contributed by atoms with Gasteiger partial charge in [-0.3, -0.25) is 9.69 Å². The van der Waals surface area contributed by atoms with Crippen LogP contribution in [0.1, 0.15) is 91.2 Å². The molecule has 1 amide bonds. The molecule has 2 unspecified atom stereocenters. The Morgan fingerprint density at radius 2 is 1.45 bits per heavy atom. The standard InChI is InChI=1S/C45H51N3O4.C2H6.CH3Cl/c1-44(2)38(46(5)36-28-26-32-18-12-14-20-34(32)42(36)44)22-9-7-10-23-39-45(3,4)43-35-21-15-13-19-33(35)27-29-37(43)48(39)30-16-8-11-25-41(51)52-47(6)40(50)24-17-31-49;2*1-2/h7,9-10,12-15,18-23,26-29,31,39H,8,11,16-17,24-25,30H2,1-6H3;1-2H3;1H3/p+1/b9-7+,23-10+,38-22+;;. The highest BCUT2D eigenvalue weighted by Gasteiger charge is 2.48. The molecule has 6 rings (SSSR count). The van der Waals surface area contributed by atoms with Crippen molar-refractivity contribution in [3.05, 3.63) is 120 Å². The molecule has 0 aromatic heterocycles. The average Bonchev–Trinajstić information content (AvgIpc) is 3.55. The SMILES string of the molecule is CC.CCl.CN(OC(=O)CCCCC[NH+]1c2ccc3ccccc3c2C(C)(C)C1/C=C/C=C/C=C1/N(C)c2ccc3ccccc3c2C1(C)C)C(=O)CCC=O. The van der Waals surface area contributed by atoms with Crippen LogP contribution in [0, 0.1) is 0 Å². The Kier molecular flexibility index (Phi) is 15.7. The van der Waals surface area contributed by atoms with Gasteiger partial charge in [0.05, 0.1) is 12.0 Å². The number of amides is 1. The highest BCUT2D eigenvalue weighted by molar-refractivity contribution is 6.15. The molecule has 2 atom stereocenters. The van der Waals surface area contributed by atoms with E-state index in [0.29, 0.717) is 12.7 Å². The molecule has 0 radical (unpaired) electrons. The molecule has 8 heteroatoms. The molecular weight excluding hydrogens is 718 g/mol. The number of benzene rings is 4. The minimum absolute atomic E-state index is 0.0318. The van der Waals surface area contributed by atoms with Gasteiger partial charge in [-0.15, -0.1) is 11.6 Å². The van der Waals surface area contributed by atoms with Gasteiger partial charge < -0.3 is 14.5 Å².